The molecule has 21 heavy (non-hydrogen) atoms. The molecule has 0 saturated heterocycles. The quantitative estimate of drug-likeness (QED) is 0.658. The second kappa shape index (κ2) is 7.48. The number of hydrogen-bond donors (Lipinski definition) is 1. The van der Waals surface area contributed by atoms with Crippen LogP contribution in [0.25, 0.3) is 10.9 Å². The van der Waals surface area contributed by atoms with Crippen LogP contribution in [0, 0.1) is 0 Å². The Kier molecular flexibility index (Phi) is 5.65. The molecular weight excluding hydrogens is 286 g/mol. The maximum atomic E-state index is 9.84. The van der Waals surface area contributed by atoms with Crippen molar-refractivity contribution in [3.05, 3.63) is 40.8 Å². The molecule has 0 aliphatic carbocycles. The van der Waals surface area contributed by atoms with Gasteiger partial charge in [-0.1, -0.05) is 25.4 Å². The summed E-state index contributed by atoms with van der Waals surface area (Å²) in [4.78, 5) is 7.04. The van der Waals surface area contributed by atoms with E-state index in [-0.39, 0.29) is 0 Å². The van der Waals surface area contributed by atoms with Gasteiger partial charge in [0.2, 0.25) is 0 Å². The van der Waals surface area contributed by atoms with Crippen molar-refractivity contribution in [2.45, 2.75) is 20.3 Å². The lowest BCUT2D eigenvalue weighted by molar-refractivity contribution is 0.198. The lowest BCUT2D eigenvalue weighted by Gasteiger charge is -2.16. The molecule has 0 radical (unpaired) electrons. The molecule has 1 N–H and O–H groups in total. The summed E-state index contributed by atoms with van der Waals surface area (Å²) in [6.07, 6.45) is 2.63. The van der Waals surface area contributed by atoms with Gasteiger partial charge in [0, 0.05) is 23.2 Å². The van der Waals surface area contributed by atoms with Crippen LogP contribution in [0.4, 0.5) is 0 Å². The fraction of sp³-hybridized carbons (Fsp3) is 0.438. The third kappa shape index (κ3) is 3.99. The van der Waals surface area contributed by atoms with Crippen LogP contribution in [0.15, 0.2) is 35.5 Å². The fourth-order valence-electron chi connectivity index (χ4n) is 2.39. The van der Waals surface area contributed by atoms with Crippen LogP contribution in [0.2, 0.25) is 5.02 Å². The van der Waals surface area contributed by atoms with Gasteiger partial charge in [0.15, 0.2) is 0 Å². The smallest absolute Gasteiger partial charge is 0.0901 e. The second-order valence-corrected chi connectivity index (χ2v) is 5.41. The summed E-state index contributed by atoms with van der Waals surface area (Å²) in [5.41, 5.74) is 0.674. The van der Waals surface area contributed by atoms with Gasteiger partial charge in [-0.2, -0.15) is 4.73 Å². The summed E-state index contributed by atoms with van der Waals surface area (Å²) < 4.78 is 1.08. The van der Waals surface area contributed by atoms with E-state index in [1.807, 2.05) is 18.2 Å². The van der Waals surface area contributed by atoms with Crippen molar-refractivity contribution in [3.63, 3.8) is 0 Å². The highest BCUT2D eigenvalue weighted by Gasteiger charge is 2.02. The minimum absolute atomic E-state index is 0.601. The van der Waals surface area contributed by atoms with Crippen molar-refractivity contribution >= 4 is 22.5 Å². The first kappa shape index (κ1) is 15.9. The molecular formula is C16H22ClN3O. The number of fused-ring (bicyclic) bond motifs is 1. The monoisotopic (exact) mass is 307 g/mol. The van der Waals surface area contributed by atoms with E-state index in [4.69, 9.17) is 11.6 Å². The standard InChI is InChI=1S/C16H22ClN3O/c1-3-19(4-2)10-5-9-18-15-8-11-20(21)16-12-13(17)6-7-14(15)16/h6-8,11-12,21H,3-5,9-10H2,1-2H3. The van der Waals surface area contributed by atoms with E-state index >= 15 is 0 Å². The van der Waals surface area contributed by atoms with Crippen LogP contribution < -0.4 is 5.36 Å². The van der Waals surface area contributed by atoms with Crippen molar-refractivity contribution in [1.82, 2.24) is 9.63 Å². The zero-order valence-corrected chi connectivity index (χ0v) is 13.3. The minimum Gasteiger partial charge on any atom is -0.428 e. The molecule has 0 atom stereocenters. The van der Waals surface area contributed by atoms with E-state index in [0.29, 0.717) is 10.5 Å². The topological polar surface area (TPSA) is 40.8 Å². The number of rotatable bonds is 6. The Labute approximate surface area is 130 Å². The Bertz CT molecular complexity index is 662. The van der Waals surface area contributed by atoms with E-state index in [1.54, 1.807) is 12.3 Å². The third-order valence-corrected chi connectivity index (χ3v) is 3.90. The number of pyridine rings is 1. The summed E-state index contributed by atoms with van der Waals surface area (Å²) in [5.74, 6) is 0. The molecule has 0 spiro atoms. The highest BCUT2D eigenvalue weighted by atomic mass is 35.5. The normalized spacial score (nSPS) is 12.5. The summed E-state index contributed by atoms with van der Waals surface area (Å²) >= 11 is 5.98. The predicted octanol–water partition coefficient (Wildman–Crippen LogP) is 3.16. The number of benzene rings is 1. The molecule has 114 valence electrons. The first-order valence-corrected chi connectivity index (χ1v) is 7.76. The van der Waals surface area contributed by atoms with E-state index in [0.717, 1.165) is 48.1 Å². The molecule has 1 heterocycles. The first-order valence-electron chi connectivity index (χ1n) is 7.38. The maximum absolute atomic E-state index is 9.84. The minimum atomic E-state index is 0.601. The summed E-state index contributed by atoms with van der Waals surface area (Å²) in [6, 6.07) is 7.28. The van der Waals surface area contributed by atoms with E-state index in [2.05, 4.69) is 23.7 Å². The van der Waals surface area contributed by atoms with E-state index in [9.17, 15) is 5.21 Å². The van der Waals surface area contributed by atoms with Crippen molar-refractivity contribution in [2.75, 3.05) is 26.2 Å². The van der Waals surface area contributed by atoms with E-state index < -0.39 is 0 Å². The summed E-state index contributed by atoms with van der Waals surface area (Å²) in [5, 5.41) is 12.2. The van der Waals surface area contributed by atoms with Crippen LogP contribution in [0.1, 0.15) is 20.3 Å². The summed E-state index contributed by atoms with van der Waals surface area (Å²) in [7, 11) is 0. The average Bonchev–Trinajstić information content (AvgIpc) is 2.50. The second-order valence-electron chi connectivity index (χ2n) is 4.97. The van der Waals surface area contributed by atoms with Crippen molar-refractivity contribution in [2.24, 2.45) is 4.99 Å². The predicted molar refractivity (Wildman–Crippen MR) is 87.0 cm³/mol. The molecule has 2 aromatic rings. The first-order chi connectivity index (χ1) is 10.2. The van der Waals surface area contributed by atoms with Gasteiger partial charge in [-0.15, -0.1) is 0 Å². The Morgan fingerprint density at radius 3 is 2.71 bits per heavy atom. The molecule has 0 bridgehead atoms. The molecule has 0 fully saturated rings. The SMILES string of the molecule is CCN(CC)CCCN=c1ccn(O)c2cc(Cl)ccc12. The summed E-state index contributed by atoms with van der Waals surface area (Å²) in [6.45, 7) is 8.35. The van der Waals surface area contributed by atoms with Gasteiger partial charge in [0.05, 0.1) is 10.9 Å². The molecule has 0 aliphatic rings. The molecule has 0 unspecified atom stereocenters. The Morgan fingerprint density at radius 2 is 2.00 bits per heavy atom. The number of aromatic nitrogens is 1. The van der Waals surface area contributed by atoms with Crippen molar-refractivity contribution in [1.29, 1.82) is 0 Å². The van der Waals surface area contributed by atoms with Crippen LogP contribution in [-0.2, 0) is 0 Å². The molecule has 0 aliphatic heterocycles. The van der Waals surface area contributed by atoms with Crippen LogP contribution in [-0.4, -0.2) is 41.0 Å². The maximum Gasteiger partial charge on any atom is 0.0901 e. The lowest BCUT2D eigenvalue weighted by Crippen LogP contribution is -2.24. The molecule has 1 aromatic heterocycles. The molecule has 0 saturated carbocycles. The van der Waals surface area contributed by atoms with Crippen LogP contribution in [0.3, 0.4) is 0 Å². The number of hydrogen-bond acceptors (Lipinski definition) is 3. The zero-order chi connectivity index (χ0) is 15.2. The van der Waals surface area contributed by atoms with Crippen LogP contribution in [0.5, 0.6) is 0 Å². The zero-order valence-electron chi connectivity index (χ0n) is 12.6. The Hall–Kier alpha value is -1.52. The van der Waals surface area contributed by atoms with Gasteiger partial charge in [0.25, 0.3) is 0 Å². The fourth-order valence-corrected chi connectivity index (χ4v) is 2.56. The van der Waals surface area contributed by atoms with Gasteiger partial charge in [-0.3, -0.25) is 4.99 Å². The highest BCUT2D eigenvalue weighted by molar-refractivity contribution is 6.31. The lowest BCUT2D eigenvalue weighted by atomic mass is 10.2. The Morgan fingerprint density at radius 1 is 1.24 bits per heavy atom. The van der Waals surface area contributed by atoms with Gasteiger partial charge in [-0.25, -0.2) is 0 Å². The average molecular weight is 308 g/mol. The Balaban J connectivity index is 2.18. The molecule has 4 nitrogen and oxygen atoms in total. The van der Waals surface area contributed by atoms with Crippen molar-refractivity contribution in [3.8, 4) is 0 Å². The number of halogens is 1. The van der Waals surface area contributed by atoms with Gasteiger partial charge >= 0.3 is 0 Å². The molecule has 0 amide bonds. The largest absolute Gasteiger partial charge is 0.428 e. The molecule has 1 aromatic carbocycles. The van der Waals surface area contributed by atoms with Crippen LogP contribution >= 0.6 is 11.6 Å². The third-order valence-electron chi connectivity index (χ3n) is 3.67. The molecule has 2 rings (SSSR count). The molecule has 5 heteroatoms. The van der Waals surface area contributed by atoms with Gasteiger partial charge in [0.1, 0.15) is 0 Å². The van der Waals surface area contributed by atoms with Gasteiger partial charge in [-0.05, 0) is 50.3 Å². The van der Waals surface area contributed by atoms with Gasteiger partial charge < -0.3 is 10.1 Å². The number of nitrogens with zero attached hydrogens (tertiary/aromatic N) is 3. The van der Waals surface area contributed by atoms with E-state index in [1.165, 1.54) is 0 Å². The highest BCUT2D eigenvalue weighted by Crippen LogP contribution is 2.15. The van der Waals surface area contributed by atoms with Crippen molar-refractivity contribution < 1.29 is 5.21 Å².